The Labute approximate surface area is 98.8 Å². The molecule has 0 aromatic rings. The summed E-state index contributed by atoms with van der Waals surface area (Å²) in [5.41, 5.74) is 0.829. The van der Waals surface area contributed by atoms with Gasteiger partial charge in [-0.1, -0.05) is 12.2 Å². The molecule has 0 aliphatic carbocycles. The minimum absolute atomic E-state index is 0.204. The first-order chi connectivity index (χ1) is 7.38. The number of rotatable bonds is 0. The van der Waals surface area contributed by atoms with Crippen molar-refractivity contribution in [2.45, 2.75) is 39.2 Å². The Bertz CT molecular complexity index is 243. The van der Waals surface area contributed by atoms with Crippen molar-refractivity contribution in [3.05, 3.63) is 25.3 Å². The van der Waals surface area contributed by atoms with Crippen molar-refractivity contribution in [2.75, 3.05) is 13.1 Å². The van der Waals surface area contributed by atoms with E-state index in [2.05, 4.69) is 19.7 Å². The normalized spacial score (nSPS) is 16.2. The van der Waals surface area contributed by atoms with Crippen molar-refractivity contribution < 1.29 is 9.53 Å². The van der Waals surface area contributed by atoms with Gasteiger partial charge in [0.1, 0.15) is 5.60 Å². The van der Waals surface area contributed by atoms with E-state index in [9.17, 15) is 4.79 Å². The zero-order valence-electron chi connectivity index (χ0n) is 10.7. The lowest BCUT2D eigenvalue weighted by Crippen LogP contribution is -2.40. The standard InChI is InChI=1S/C11H19NO2.C2H4/c1-9-5-7-12(8-6-9)10(13)14-11(2,3)4;1-2/h1,5-8H2,2-4H3;1-2H2. The van der Waals surface area contributed by atoms with Gasteiger partial charge < -0.3 is 9.64 Å². The highest BCUT2D eigenvalue weighted by Gasteiger charge is 2.23. The van der Waals surface area contributed by atoms with Crippen molar-refractivity contribution in [3.63, 3.8) is 0 Å². The molecule has 0 aromatic carbocycles. The van der Waals surface area contributed by atoms with Crippen LogP contribution in [0.4, 0.5) is 4.79 Å². The molecule has 0 N–H and O–H groups in total. The van der Waals surface area contributed by atoms with Crippen LogP contribution in [0.2, 0.25) is 0 Å². The van der Waals surface area contributed by atoms with E-state index < -0.39 is 5.60 Å². The summed E-state index contributed by atoms with van der Waals surface area (Å²) in [6, 6.07) is 0. The van der Waals surface area contributed by atoms with Gasteiger partial charge in [0.25, 0.3) is 0 Å². The summed E-state index contributed by atoms with van der Waals surface area (Å²) in [5.74, 6) is 0. The number of hydrogen-bond acceptors (Lipinski definition) is 2. The number of carbonyl (C=O) groups excluding carboxylic acids is 1. The Morgan fingerprint density at radius 2 is 1.69 bits per heavy atom. The number of amides is 1. The second-order valence-electron chi connectivity index (χ2n) is 4.72. The molecule has 0 bridgehead atoms. The molecule has 92 valence electrons. The fourth-order valence-corrected chi connectivity index (χ4v) is 1.33. The average molecular weight is 225 g/mol. The van der Waals surface area contributed by atoms with Crippen LogP contribution < -0.4 is 0 Å². The molecule has 0 unspecified atom stereocenters. The molecule has 1 rings (SSSR count). The van der Waals surface area contributed by atoms with Crippen molar-refractivity contribution in [3.8, 4) is 0 Å². The topological polar surface area (TPSA) is 29.5 Å². The molecule has 0 aromatic heterocycles. The highest BCUT2D eigenvalue weighted by atomic mass is 16.6. The lowest BCUT2D eigenvalue weighted by molar-refractivity contribution is 0.0236. The molecule has 0 spiro atoms. The zero-order valence-corrected chi connectivity index (χ0v) is 10.7. The van der Waals surface area contributed by atoms with Gasteiger partial charge in [-0.2, -0.15) is 0 Å². The molecule has 0 atom stereocenters. The maximum atomic E-state index is 11.6. The number of piperidine rings is 1. The second-order valence-corrected chi connectivity index (χ2v) is 4.72. The first-order valence-electron chi connectivity index (χ1n) is 5.53. The van der Waals surface area contributed by atoms with Gasteiger partial charge in [-0.05, 0) is 33.6 Å². The van der Waals surface area contributed by atoms with Crippen LogP contribution in [0, 0.1) is 0 Å². The van der Waals surface area contributed by atoms with Gasteiger partial charge in [0.05, 0.1) is 0 Å². The van der Waals surface area contributed by atoms with Crippen LogP contribution in [0.15, 0.2) is 25.3 Å². The maximum absolute atomic E-state index is 11.6. The molecule has 0 saturated carbocycles. The monoisotopic (exact) mass is 225 g/mol. The molecule has 1 aliphatic rings. The van der Waals surface area contributed by atoms with E-state index in [-0.39, 0.29) is 6.09 Å². The SMILES string of the molecule is C=C.C=C1CCN(C(=O)OC(C)(C)C)CC1. The van der Waals surface area contributed by atoms with Crippen LogP contribution in [0.1, 0.15) is 33.6 Å². The molecule has 0 radical (unpaired) electrons. The number of nitrogens with zero attached hydrogens (tertiary/aromatic N) is 1. The molecule has 1 fully saturated rings. The Balaban J connectivity index is 0.00000106. The summed E-state index contributed by atoms with van der Waals surface area (Å²) in [4.78, 5) is 13.3. The van der Waals surface area contributed by atoms with Crippen LogP contribution in [0.25, 0.3) is 0 Å². The summed E-state index contributed by atoms with van der Waals surface area (Å²) in [6.45, 7) is 17.0. The van der Waals surface area contributed by atoms with Crippen molar-refractivity contribution >= 4 is 6.09 Å². The molecule has 1 amide bonds. The van der Waals surface area contributed by atoms with Gasteiger partial charge in [0, 0.05) is 13.1 Å². The lowest BCUT2D eigenvalue weighted by atomic mass is 10.1. The summed E-state index contributed by atoms with van der Waals surface area (Å²) in [6.07, 6.45) is 1.60. The van der Waals surface area contributed by atoms with E-state index in [0.29, 0.717) is 0 Å². The third kappa shape index (κ3) is 5.59. The largest absolute Gasteiger partial charge is 0.444 e. The van der Waals surface area contributed by atoms with Crippen LogP contribution in [0.3, 0.4) is 0 Å². The minimum atomic E-state index is -0.397. The van der Waals surface area contributed by atoms with Crippen LogP contribution in [-0.4, -0.2) is 29.7 Å². The van der Waals surface area contributed by atoms with Gasteiger partial charge in [-0.3, -0.25) is 0 Å². The summed E-state index contributed by atoms with van der Waals surface area (Å²) < 4.78 is 5.27. The van der Waals surface area contributed by atoms with Crippen LogP contribution in [0.5, 0.6) is 0 Å². The predicted octanol–water partition coefficient (Wildman–Crippen LogP) is 3.38. The molecule has 16 heavy (non-hydrogen) atoms. The summed E-state index contributed by atoms with van der Waals surface area (Å²) >= 11 is 0. The molecular formula is C13H23NO2. The molecule has 1 saturated heterocycles. The Hall–Kier alpha value is -1.25. The average Bonchev–Trinajstić information content (AvgIpc) is 2.19. The van der Waals surface area contributed by atoms with E-state index in [1.165, 1.54) is 5.57 Å². The second kappa shape index (κ2) is 6.36. The van der Waals surface area contributed by atoms with Crippen molar-refractivity contribution in [1.29, 1.82) is 0 Å². The Morgan fingerprint density at radius 3 is 2.06 bits per heavy atom. The van der Waals surface area contributed by atoms with Gasteiger partial charge in [0.15, 0.2) is 0 Å². The van der Waals surface area contributed by atoms with E-state index in [0.717, 1.165) is 25.9 Å². The third-order valence-corrected chi connectivity index (χ3v) is 2.12. The van der Waals surface area contributed by atoms with E-state index >= 15 is 0 Å². The highest BCUT2D eigenvalue weighted by molar-refractivity contribution is 5.68. The smallest absolute Gasteiger partial charge is 0.410 e. The third-order valence-electron chi connectivity index (χ3n) is 2.12. The Kier molecular flexibility index (Phi) is 5.86. The lowest BCUT2D eigenvalue weighted by Gasteiger charge is -2.30. The van der Waals surface area contributed by atoms with E-state index in [1.54, 1.807) is 4.90 Å². The van der Waals surface area contributed by atoms with Crippen LogP contribution >= 0.6 is 0 Å². The zero-order chi connectivity index (χ0) is 12.8. The van der Waals surface area contributed by atoms with Gasteiger partial charge in [-0.15, -0.1) is 13.2 Å². The van der Waals surface area contributed by atoms with Gasteiger partial charge in [-0.25, -0.2) is 4.79 Å². The molecule has 1 aliphatic heterocycles. The summed E-state index contributed by atoms with van der Waals surface area (Å²) in [7, 11) is 0. The Morgan fingerprint density at radius 1 is 1.25 bits per heavy atom. The van der Waals surface area contributed by atoms with Crippen LogP contribution in [-0.2, 0) is 4.74 Å². The minimum Gasteiger partial charge on any atom is -0.444 e. The number of carbonyl (C=O) groups is 1. The molecular weight excluding hydrogens is 202 g/mol. The maximum Gasteiger partial charge on any atom is 0.410 e. The van der Waals surface area contributed by atoms with Gasteiger partial charge in [0.2, 0.25) is 0 Å². The molecule has 1 heterocycles. The first kappa shape index (κ1) is 14.8. The molecule has 3 nitrogen and oxygen atoms in total. The first-order valence-corrected chi connectivity index (χ1v) is 5.53. The number of hydrogen-bond donors (Lipinski definition) is 0. The predicted molar refractivity (Wildman–Crippen MR) is 67.4 cm³/mol. The van der Waals surface area contributed by atoms with E-state index in [4.69, 9.17) is 4.74 Å². The van der Waals surface area contributed by atoms with Gasteiger partial charge >= 0.3 is 6.09 Å². The van der Waals surface area contributed by atoms with Crippen molar-refractivity contribution in [2.24, 2.45) is 0 Å². The highest BCUT2D eigenvalue weighted by Crippen LogP contribution is 2.17. The molecule has 3 heteroatoms. The van der Waals surface area contributed by atoms with E-state index in [1.807, 2.05) is 20.8 Å². The number of likely N-dealkylation sites (tertiary alicyclic amines) is 1. The number of ether oxygens (including phenoxy) is 1. The van der Waals surface area contributed by atoms with Crippen molar-refractivity contribution in [1.82, 2.24) is 4.90 Å². The summed E-state index contributed by atoms with van der Waals surface area (Å²) in [5, 5.41) is 0. The fraction of sp³-hybridized carbons (Fsp3) is 0.615. The quantitative estimate of drug-likeness (QED) is 0.591. The fourth-order valence-electron chi connectivity index (χ4n) is 1.33.